The lowest BCUT2D eigenvalue weighted by molar-refractivity contribution is 0.0829. The summed E-state index contributed by atoms with van der Waals surface area (Å²) >= 11 is 9.52. The van der Waals surface area contributed by atoms with Crippen molar-refractivity contribution in [1.82, 2.24) is 0 Å². The van der Waals surface area contributed by atoms with Crippen LogP contribution in [0.5, 0.6) is 0 Å². The van der Waals surface area contributed by atoms with Crippen molar-refractivity contribution in [3.63, 3.8) is 0 Å². The van der Waals surface area contributed by atoms with Crippen LogP contribution in [0, 0.1) is 12.7 Å². The van der Waals surface area contributed by atoms with Gasteiger partial charge in [0.1, 0.15) is 5.82 Å². The van der Waals surface area contributed by atoms with E-state index in [4.69, 9.17) is 31.0 Å². The summed E-state index contributed by atoms with van der Waals surface area (Å²) in [6.45, 7) is 9.92. The molecule has 0 saturated carbocycles. The molecule has 0 fully saturated rings. The zero-order valence-corrected chi connectivity index (χ0v) is 32.3. The van der Waals surface area contributed by atoms with Gasteiger partial charge < -0.3 is 19.4 Å². The number of aryl methyl sites for hydroxylation is 1. The summed E-state index contributed by atoms with van der Waals surface area (Å²) in [7, 11) is 0. The van der Waals surface area contributed by atoms with E-state index < -0.39 is 0 Å². The molecule has 0 amide bonds. The fourth-order valence-corrected chi connectivity index (χ4v) is 6.61. The molecule has 4 aromatic carbocycles. The number of nitrogens with zero attached hydrogens (tertiary/aromatic N) is 4. The fraction of sp³-hybridized carbons (Fsp3) is 0.317. The summed E-state index contributed by atoms with van der Waals surface area (Å²) in [6.07, 6.45) is 3.34. The Morgan fingerprint density at radius 1 is 0.500 bits per heavy atom. The van der Waals surface area contributed by atoms with Gasteiger partial charge in [-0.05, 0) is 63.9 Å². The van der Waals surface area contributed by atoms with Crippen molar-refractivity contribution < 1.29 is 23.7 Å². The lowest BCUT2D eigenvalue weighted by Gasteiger charge is -2.10. The maximum absolute atomic E-state index is 13.2. The molecule has 4 unspecified atom stereocenters. The van der Waals surface area contributed by atoms with Crippen LogP contribution in [0.25, 0.3) is 0 Å². The molecule has 52 heavy (non-hydrogen) atoms. The summed E-state index contributed by atoms with van der Waals surface area (Å²) in [5.74, 6) is -0.225. The van der Waals surface area contributed by atoms with Crippen LogP contribution >= 0.6 is 27.5 Å². The van der Waals surface area contributed by atoms with Gasteiger partial charge in [0.2, 0.25) is 0 Å². The van der Waals surface area contributed by atoms with E-state index in [1.165, 1.54) is 22.8 Å². The number of oxime groups is 4. The number of rotatable bonds is 4. The van der Waals surface area contributed by atoms with Gasteiger partial charge in [0.25, 0.3) is 0 Å². The first kappa shape index (κ1) is 38.7. The Morgan fingerprint density at radius 2 is 0.865 bits per heavy atom. The van der Waals surface area contributed by atoms with Gasteiger partial charge in [-0.15, -0.1) is 0 Å². The molecule has 0 N–H and O–H groups in total. The predicted octanol–water partition coefficient (Wildman–Crippen LogP) is 12.0. The van der Waals surface area contributed by atoms with Crippen LogP contribution < -0.4 is 0 Å². The largest absolute Gasteiger partial charge is 0.387 e. The molecule has 8 rings (SSSR count). The van der Waals surface area contributed by atoms with E-state index in [2.05, 4.69) is 61.7 Å². The van der Waals surface area contributed by atoms with Gasteiger partial charge in [-0.25, -0.2) is 4.39 Å². The number of halogens is 3. The molecule has 8 nitrogen and oxygen atoms in total. The molecular weight excluding hydrogens is 747 g/mol. The summed E-state index contributed by atoms with van der Waals surface area (Å²) in [5.41, 5.74) is 9.36. The van der Waals surface area contributed by atoms with Gasteiger partial charge in [-0.2, -0.15) is 0 Å². The first-order valence-electron chi connectivity index (χ1n) is 17.1. The third-order valence-corrected chi connectivity index (χ3v) is 9.62. The molecule has 4 atom stereocenters. The monoisotopic (exact) mass is 788 g/mol. The zero-order chi connectivity index (χ0) is 37.0. The Kier molecular flexibility index (Phi) is 14.0. The third-order valence-electron chi connectivity index (χ3n) is 8.56. The van der Waals surface area contributed by atoms with Gasteiger partial charge in [0.15, 0.2) is 24.4 Å². The maximum atomic E-state index is 13.2. The van der Waals surface area contributed by atoms with E-state index in [-0.39, 0.29) is 30.2 Å². The highest BCUT2D eigenvalue weighted by Gasteiger charge is 2.24. The normalized spacial score (nSPS) is 21.1. The summed E-state index contributed by atoms with van der Waals surface area (Å²) in [6, 6.07) is 30.7. The van der Waals surface area contributed by atoms with E-state index in [1.807, 2.05) is 82.3 Å². The van der Waals surface area contributed by atoms with Crippen LogP contribution in [0.2, 0.25) is 5.02 Å². The summed E-state index contributed by atoms with van der Waals surface area (Å²) in [5, 5.41) is 16.3. The molecule has 0 radical (unpaired) electrons. The zero-order valence-electron chi connectivity index (χ0n) is 29.9. The second-order valence-corrected chi connectivity index (χ2v) is 14.2. The van der Waals surface area contributed by atoms with E-state index in [9.17, 15) is 4.39 Å². The average molecular weight is 790 g/mol. The van der Waals surface area contributed by atoms with E-state index in [1.54, 1.807) is 18.2 Å². The molecule has 0 spiro atoms. The van der Waals surface area contributed by atoms with Crippen molar-refractivity contribution in [2.24, 2.45) is 20.6 Å². The molecule has 4 aliphatic rings. The molecule has 4 heterocycles. The van der Waals surface area contributed by atoms with Crippen LogP contribution in [0.4, 0.5) is 4.39 Å². The standard InChI is InChI=1S/C11H13NO.C10H10BrNO.C10H10ClNO.C10H10FNO/c1-8-5-3-4-6-10(8)11-7-9(2)12-13-11;3*1-7-6-10(13-12-7)8-4-2-3-5-9(8)11/h3-6,11H,7H2,1-2H3;3*2-5,10H,6H2,1H3. The smallest absolute Gasteiger partial charge is 0.160 e. The van der Waals surface area contributed by atoms with Crippen LogP contribution in [0.3, 0.4) is 0 Å². The van der Waals surface area contributed by atoms with Crippen molar-refractivity contribution >= 4 is 50.4 Å². The van der Waals surface area contributed by atoms with Crippen LogP contribution in [-0.4, -0.2) is 22.8 Å². The second kappa shape index (κ2) is 18.8. The second-order valence-electron chi connectivity index (χ2n) is 12.9. The Balaban J connectivity index is 0.000000134. The van der Waals surface area contributed by atoms with Gasteiger partial charge in [-0.1, -0.05) is 127 Å². The van der Waals surface area contributed by atoms with Crippen molar-refractivity contribution in [2.75, 3.05) is 0 Å². The summed E-state index contributed by atoms with van der Waals surface area (Å²) < 4.78 is 14.3. The van der Waals surface area contributed by atoms with Crippen LogP contribution in [0.1, 0.15) is 106 Å². The van der Waals surface area contributed by atoms with Crippen LogP contribution in [0.15, 0.2) is 122 Å². The SMILES string of the molecule is CC1=NOC(c2ccccc2Br)C1.CC1=NOC(c2ccccc2C)C1.CC1=NOC(c2ccccc2Cl)C1.CC1=NOC(c2ccccc2F)C1. The van der Waals surface area contributed by atoms with Gasteiger partial charge in [0, 0.05) is 51.9 Å². The van der Waals surface area contributed by atoms with E-state index in [0.29, 0.717) is 12.0 Å². The quantitative estimate of drug-likeness (QED) is 0.206. The molecule has 4 aliphatic heterocycles. The third kappa shape index (κ3) is 10.7. The van der Waals surface area contributed by atoms with Gasteiger partial charge in [0.05, 0.1) is 22.8 Å². The lowest BCUT2D eigenvalue weighted by atomic mass is 10.0. The molecule has 0 aromatic heterocycles. The molecule has 0 aliphatic carbocycles. The van der Waals surface area contributed by atoms with E-state index in [0.717, 1.165) is 57.2 Å². The number of hydrogen-bond acceptors (Lipinski definition) is 8. The molecule has 272 valence electrons. The van der Waals surface area contributed by atoms with Crippen molar-refractivity contribution in [2.45, 2.75) is 84.7 Å². The maximum Gasteiger partial charge on any atom is 0.160 e. The first-order chi connectivity index (χ1) is 25.1. The molecule has 4 aromatic rings. The fourth-order valence-electron chi connectivity index (χ4n) is 5.81. The van der Waals surface area contributed by atoms with Gasteiger partial charge >= 0.3 is 0 Å². The Labute approximate surface area is 318 Å². The minimum absolute atomic E-state index is 0.00806. The highest BCUT2D eigenvalue weighted by molar-refractivity contribution is 9.10. The number of hydrogen-bond donors (Lipinski definition) is 0. The van der Waals surface area contributed by atoms with Crippen molar-refractivity contribution in [1.29, 1.82) is 0 Å². The number of benzene rings is 4. The Bertz CT molecular complexity index is 1670. The lowest BCUT2D eigenvalue weighted by Crippen LogP contribution is -2.00. The van der Waals surface area contributed by atoms with Crippen molar-refractivity contribution in [3.05, 3.63) is 140 Å². The van der Waals surface area contributed by atoms with Crippen molar-refractivity contribution in [3.8, 4) is 0 Å². The molecule has 11 heteroatoms. The highest BCUT2D eigenvalue weighted by Crippen LogP contribution is 2.33. The molecular formula is C41H43BrClFN4O4. The highest BCUT2D eigenvalue weighted by atomic mass is 79.9. The van der Waals surface area contributed by atoms with E-state index >= 15 is 0 Å². The molecule has 0 bridgehead atoms. The minimum Gasteiger partial charge on any atom is -0.387 e. The minimum atomic E-state index is -0.235. The topological polar surface area (TPSA) is 86.4 Å². The van der Waals surface area contributed by atoms with Crippen LogP contribution in [-0.2, 0) is 19.4 Å². The summed E-state index contributed by atoms with van der Waals surface area (Å²) in [4.78, 5) is 20.9. The Hall–Kier alpha value is -4.54. The molecule has 0 saturated heterocycles. The predicted molar refractivity (Wildman–Crippen MR) is 209 cm³/mol. The Morgan fingerprint density at radius 3 is 1.31 bits per heavy atom. The first-order valence-corrected chi connectivity index (χ1v) is 18.3. The van der Waals surface area contributed by atoms with Gasteiger partial charge in [-0.3, -0.25) is 0 Å². The average Bonchev–Trinajstić information content (AvgIpc) is 3.96.